The van der Waals surface area contributed by atoms with E-state index in [-0.39, 0.29) is 11.8 Å². The molecule has 8 heteroatoms. The van der Waals surface area contributed by atoms with Crippen LogP contribution >= 0.6 is 0 Å². The van der Waals surface area contributed by atoms with Crippen LogP contribution in [0.4, 0.5) is 10.1 Å². The third kappa shape index (κ3) is 3.85. The molecule has 0 spiro atoms. The van der Waals surface area contributed by atoms with Crippen molar-refractivity contribution in [3.8, 4) is 5.69 Å². The van der Waals surface area contributed by atoms with Crippen molar-refractivity contribution in [1.29, 1.82) is 0 Å². The van der Waals surface area contributed by atoms with Crippen molar-refractivity contribution >= 4 is 11.7 Å². The molecule has 0 aliphatic heterocycles. The first-order valence-electron chi connectivity index (χ1n) is 11.1. The van der Waals surface area contributed by atoms with E-state index in [2.05, 4.69) is 33.8 Å². The summed E-state index contributed by atoms with van der Waals surface area (Å²) < 4.78 is 20.7. The van der Waals surface area contributed by atoms with Crippen molar-refractivity contribution in [2.45, 2.75) is 52.5 Å². The number of ether oxygens (including phenoxy) is 1. The maximum atomic E-state index is 13.5. The van der Waals surface area contributed by atoms with E-state index >= 15 is 0 Å². The van der Waals surface area contributed by atoms with Crippen molar-refractivity contribution in [3.63, 3.8) is 0 Å². The maximum absolute atomic E-state index is 13.5. The van der Waals surface area contributed by atoms with E-state index in [1.807, 2.05) is 19.1 Å². The van der Waals surface area contributed by atoms with Crippen LogP contribution in [0.15, 0.2) is 42.5 Å². The Hall–Kier alpha value is -3.29. The van der Waals surface area contributed by atoms with Gasteiger partial charge in [0.15, 0.2) is 5.82 Å². The number of anilines is 1. The smallest absolute Gasteiger partial charge is 0.314 e. The highest BCUT2D eigenvalue weighted by Gasteiger charge is 2.54. The number of nitrogens with zero attached hydrogens (tertiary/aromatic N) is 4. The molecule has 1 atom stereocenters. The number of tetrazole rings is 1. The normalized spacial score (nSPS) is 15.6. The topological polar surface area (TPSA) is 81.9 Å². The number of carbonyl (C=O) groups is 1. The Kier molecular flexibility index (Phi) is 6.21. The molecule has 1 aromatic heterocycles. The molecule has 0 saturated heterocycles. The van der Waals surface area contributed by atoms with Gasteiger partial charge in [0.25, 0.3) is 0 Å². The Bertz CT molecular complexity index is 1090. The summed E-state index contributed by atoms with van der Waals surface area (Å²) in [6, 6.07) is 11.6. The van der Waals surface area contributed by atoms with Crippen LogP contribution < -0.4 is 5.32 Å². The summed E-state index contributed by atoms with van der Waals surface area (Å²) in [6.45, 7) is 6.21. The first-order valence-corrected chi connectivity index (χ1v) is 11.1. The SMILES string of the molecule is CCOC(=O)C1(C(Nc2ccc(F)cc2)c2nnnn2-c2c(C)cccc2CC)CCC1. The quantitative estimate of drug-likeness (QED) is 0.521. The second-order valence-electron chi connectivity index (χ2n) is 8.20. The van der Waals surface area contributed by atoms with Gasteiger partial charge in [-0.2, -0.15) is 4.68 Å². The molecular weight excluding hydrogens is 409 g/mol. The summed E-state index contributed by atoms with van der Waals surface area (Å²) in [5.74, 6) is -0.0554. The van der Waals surface area contributed by atoms with Crippen molar-refractivity contribution in [1.82, 2.24) is 20.2 Å². The van der Waals surface area contributed by atoms with Crippen molar-refractivity contribution in [3.05, 3.63) is 65.2 Å². The Morgan fingerprint density at radius 1 is 1.22 bits per heavy atom. The lowest BCUT2D eigenvalue weighted by Crippen LogP contribution is -2.48. The van der Waals surface area contributed by atoms with Crippen LogP contribution in [0.1, 0.15) is 56.1 Å². The number of carbonyl (C=O) groups excluding carboxylic acids is 1. The van der Waals surface area contributed by atoms with E-state index in [0.717, 1.165) is 29.7 Å². The van der Waals surface area contributed by atoms with Crippen LogP contribution in [0.2, 0.25) is 0 Å². The molecule has 7 nitrogen and oxygen atoms in total. The van der Waals surface area contributed by atoms with E-state index < -0.39 is 11.5 Å². The summed E-state index contributed by atoms with van der Waals surface area (Å²) in [7, 11) is 0. The lowest BCUT2D eigenvalue weighted by atomic mass is 9.63. The third-order valence-corrected chi connectivity index (χ3v) is 6.30. The van der Waals surface area contributed by atoms with Crippen LogP contribution in [0.5, 0.6) is 0 Å². The van der Waals surface area contributed by atoms with Gasteiger partial charge >= 0.3 is 5.97 Å². The Morgan fingerprint density at radius 2 is 1.97 bits per heavy atom. The number of halogens is 1. The summed E-state index contributed by atoms with van der Waals surface area (Å²) in [6.07, 6.45) is 3.04. The zero-order chi connectivity index (χ0) is 22.7. The number of hydrogen-bond acceptors (Lipinski definition) is 6. The molecule has 0 bridgehead atoms. The lowest BCUT2D eigenvalue weighted by Gasteiger charge is -2.44. The fourth-order valence-corrected chi connectivity index (χ4v) is 4.45. The number of nitrogens with one attached hydrogen (secondary N) is 1. The Balaban J connectivity index is 1.85. The van der Waals surface area contributed by atoms with Crippen LogP contribution in [-0.4, -0.2) is 32.8 Å². The van der Waals surface area contributed by atoms with Crippen molar-refractivity contribution in [2.24, 2.45) is 5.41 Å². The van der Waals surface area contributed by atoms with E-state index in [4.69, 9.17) is 4.74 Å². The number of aromatic nitrogens is 4. The number of benzene rings is 2. The van der Waals surface area contributed by atoms with Crippen molar-refractivity contribution in [2.75, 3.05) is 11.9 Å². The van der Waals surface area contributed by atoms with Gasteiger partial charge in [-0.05, 0) is 78.9 Å². The fraction of sp³-hybridized carbons (Fsp3) is 0.417. The minimum Gasteiger partial charge on any atom is -0.465 e. The molecular formula is C24H28FN5O2. The Morgan fingerprint density at radius 3 is 2.59 bits per heavy atom. The molecule has 1 N–H and O–H groups in total. The molecule has 2 aromatic carbocycles. The minimum absolute atomic E-state index is 0.263. The average molecular weight is 438 g/mol. The number of rotatable bonds is 8. The van der Waals surface area contributed by atoms with Crippen LogP contribution in [0.25, 0.3) is 5.69 Å². The standard InChI is InChI=1S/C24H28FN5O2/c1-4-17-9-6-8-16(3)20(17)30-22(27-28-29-30)21(26-19-12-10-18(25)11-13-19)24(14-7-15-24)23(31)32-5-2/h6,8-13,21,26H,4-5,7,14-15H2,1-3H3. The monoisotopic (exact) mass is 437 g/mol. The van der Waals surface area contributed by atoms with Gasteiger partial charge in [-0.1, -0.05) is 31.5 Å². The molecule has 32 heavy (non-hydrogen) atoms. The molecule has 168 valence electrons. The van der Waals surface area contributed by atoms with Gasteiger partial charge in [0.2, 0.25) is 0 Å². The van der Waals surface area contributed by atoms with Crippen molar-refractivity contribution < 1.29 is 13.9 Å². The Labute approximate surface area is 187 Å². The van der Waals surface area contributed by atoms with Gasteiger partial charge in [0, 0.05) is 5.69 Å². The van der Waals surface area contributed by atoms with Crippen LogP contribution in [0.3, 0.4) is 0 Å². The molecule has 1 fully saturated rings. The molecule has 1 unspecified atom stereocenters. The maximum Gasteiger partial charge on any atom is 0.314 e. The molecule has 4 rings (SSSR count). The number of aryl methyl sites for hydroxylation is 2. The minimum atomic E-state index is -0.800. The molecule has 3 aromatic rings. The summed E-state index contributed by atoms with van der Waals surface area (Å²) in [5.41, 5.74) is 2.95. The predicted molar refractivity (Wildman–Crippen MR) is 119 cm³/mol. The highest BCUT2D eigenvalue weighted by atomic mass is 19.1. The number of para-hydroxylation sites is 1. The third-order valence-electron chi connectivity index (χ3n) is 6.30. The van der Waals surface area contributed by atoms with E-state index in [9.17, 15) is 9.18 Å². The van der Waals surface area contributed by atoms with Gasteiger partial charge in [-0.15, -0.1) is 5.10 Å². The number of hydrogen-bond donors (Lipinski definition) is 1. The second-order valence-corrected chi connectivity index (χ2v) is 8.20. The van der Waals surface area contributed by atoms with Gasteiger partial charge in [0.1, 0.15) is 11.9 Å². The highest BCUT2D eigenvalue weighted by Crippen LogP contribution is 2.52. The highest BCUT2D eigenvalue weighted by molar-refractivity contribution is 5.80. The fourth-order valence-electron chi connectivity index (χ4n) is 4.45. The molecule has 1 aliphatic carbocycles. The summed E-state index contributed by atoms with van der Waals surface area (Å²) >= 11 is 0. The van der Waals surface area contributed by atoms with E-state index in [1.54, 1.807) is 23.7 Å². The molecule has 1 aliphatic rings. The second kappa shape index (κ2) is 9.06. The average Bonchev–Trinajstić information content (AvgIpc) is 3.22. The summed E-state index contributed by atoms with van der Waals surface area (Å²) in [5, 5.41) is 16.1. The van der Waals surface area contributed by atoms with Gasteiger partial charge in [-0.25, -0.2) is 4.39 Å². The molecule has 0 amide bonds. The van der Waals surface area contributed by atoms with Gasteiger partial charge in [-0.3, -0.25) is 4.79 Å². The van der Waals surface area contributed by atoms with E-state index in [0.29, 0.717) is 31.0 Å². The van der Waals surface area contributed by atoms with E-state index in [1.165, 1.54) is 12.1 Å². The largest absolute Gasteiger partial charge is 0.465 e. The van der Waals surface area contributed by atoms with Gasteiger partial charge < -0.3 is 10.1 Å². The first-order chi connectivity index (χ1) is 15.5. The molecule has 1 saturated carbocycles. The van der Waals surface area contributed by atoms with Crippen LogP contribution in [0, 0.1) is 18.2 Å². The molecule has 1 heterocycles. The lowest BCUT2D eigenvalue weighted by molar-refractivity contribution is -0.163. The van der Waals surface area contributed by atoms with Crippen LogP contribution in [-0.2, 0) is 16.0 Å². The first kappa shape index (κ1) is 21.9. The molecule has 0 radical (unpaired) electrons. The number of esters is 1. The zero-order valence-electron chi connectivity index (χ0n) is 18.6. The predicted octanol–water partition coefficient (Wildman–Crippen LogP) is 4.56. The summed E-state index contributed by atoms with van der Waals surface area (Å²) in [4.78, 5) is 13.2. The zero-order valence-corrected chi connectivity index (χ0v) is 18.6. The van der Waals surface area contributed by atoms with Gasteiger partial charge in [0.05, 0.1) is 17.7 Å².